The van der Waals surface area contributed by atoms with Gasteiger partial charge in [0.2, 0.25) is 11.9 Å². The van der Waals surface area contributed by atoms with Gasteiger partial charge in [0, 0.05) is 63.9 Å². The SMILES string of the molecule is CN(C)c1ncc(CN2C[C@@H]3CC[C@H](C2)N(Cc2ccccn2)C3=O)cn1. The van der Waals surface area contributed by atoms with Gasteiger partial charge in [0.05, 0.1) is 18.2 Å². The number of hydrogen-bond acceptors (Lipinski definition) is 6. The number of carbonyl (C=O) groups excluding carboxylic acids is 1. The Hall–Kier alpha value is -2.54. The second kappa shape index (κ2) is 7.60. The van der Waals surface area contributed by atoms with Gasteiger partial charge in [0.25, 0.3) is 0 Å². The van der Waals surface area contributed by atoms with Gasteiger partial charge in [-0.05, 0) is 25.0 Å². The van der Waals surface area contributed by atoms with Crippen molar-refractivity contribution in [2.24, 2.45) is 5.92 Å². The third-order valence-electron chi connectivity index (χ3n) is 5.43. The summed E-state index contributed by atoms with van der Waals surface area (Å²) in [5.74, 6) is 1.07. The molecule has 0 saturated carbocycles. The van der Waals surface area contributed by atoms with E-state index in [1.54, 1.807) is 6.20 Å². The first-order valence-electron chi connectivity index (χ1n) is 9.51. The molecule has 2 bridgehead atoms. The van der Waals surface area contributed by atoms with Crippen LogP contribution in [0.25, 0.3) is 0 Å². The van der Waals surface area contributed by atoms with Gasteiger partial charge in [0.15, 0.2) is 0 Å². The predicted octanol–water partition coefficient (Wildman–Crippen LogP) is 1.56. The van der Waals surface area contributed by atoms with Crippen molar-refractivity contribution in [1.29, 1.82) is 0 Å². The summed E-state index contributed by atoms with van der Waals surface area (Å²) < 4.78 is 0. The van der Waals surface area contributed by atoms with Gasteiger partial charge in [-0.3, -0.25) is 14.7 Å². The number of pyridine rings is 1. The molecule has 5 heterocycles. The van der Waals surface area contributed by atoms with Crippen molar-refractivity contribution in [1.82, 2.24) is 24.8 Å². The highest BCUT2D eigenvalue weighted by molar-refractivity contribution is 5.80. The summed E-state index contributed by atoms with van der Waals surface area (Å²) in [6, 6.07) is 6.13. The number of nitrogens with zero attached hydrogens (tertiary/aromatic N) is 6. The Kier molecular flexibility index (Phi) is 5.03. The number of piperidine rings is 1. The lowest BCUT2D eigenvalue weighted by Crippen LogP contribution is -2.47. The Labute approximate surface area is 160 Å². The van der Waals surface area contributed by atoms with Crippen LogP contribution in [-0.2, 0) is 17.9 Å². The Morgan fingerprint density at radius 1 is 1.07 bits per heavy atom. The molecule has 2 atom stereocenters. The molecular formula is C20H26N6O. The summed E-state index contributed by atoms with van der Waals surface area (Å²) >= 11 is 0. The molecule has 0 aliphatic carbocycles. The number of carbonyl (C=O) groups is 1. The highest BCUT2D eigenvalue weighted by Crippen LogP contribution is 2.30. The molecule has 0 N–H and O–H groups in total. The number of rotatable bonds is 5. The molecule has 1 amide bonds. The van der Waals surface area contributed by atoms with Gasteiger partial charge in [-0.1, -0.05) is 6.07 Å². The second-order valence-corrected chi connectivity index (χ2v) is 7.70. The highest BCUT2D eigenvalue weighted by atomic mass is 16.2. The van der Waals surface area contributed by atoms with Crippen LogP contribution in [-0.4, -0.2) is 63.9 Å². The number of anilines is 1. The normalized spacial score (nSPS) is 22.7. The fourth-order valence-electron chi connectivity index (χ4n) is 4.05. The lowest BCUT2D eigenvalue weighted by atomic mass is 9.94. The smallest absolute Gasteiger partial charge is 0.227 e. The van der Waals surface area contributed by atoms with Gasteiger partial charge >= 0.3 is 0 Å². The summed E-state index contributed by atoms with van der Waals surface area (Å²) in [4.78, 5) is 32.5. The fraction of sp³-hybridized carbons (Fsp3) is 0.500. The molecule has 7 nitrogen and oxygen atoms in total. The molecule has 3 aliphatic rings. The predicted molar refractivity (Wildman–Crippen MR) is 103 cm³/mol. The minimum absolute atomic E-state index is 0.0782. The maximum absolute atomic E-state index is 13.0. The van der Waals surface area contributed by atoms with Crippen LogP contribution < -0.4 is 4.90 Å². The van der Waals surface area contributed by atoms with Crippen molar-refractivity contribution in [3.8, 4) is 0 Å². The number of amides is 1. The summed E-state index contributed by atoms with van der Waals surface area (Å²) in [5, 5.41) is 0. The van der Waals surface area contributed by atoms with Crippen molar-refractivity contribution in [2.75, 3.05) is 32.1 Å². The number of hydrogen-bond donors (Lipinski definition) is 0. The van der Waals surface area contributed by atoms with Crippen LogP contribution in [0.5, 0.6) is 0 Å². The van der Waals surface area contributed by atoms with Crippen LogP contribution in [0.2, 0.25) is 0 Å². The van der Waals surface area contributed by atoms with Crippen LogP contribution in [0.4, 0.5) is 5.95 Å². The van der Waals surface area contributed by atoms with Crippen LogP contribution >= 0.6 is 0 Å². The van der Waals surface area contributed by atoms with E-state index in [1.807, 2.05) is 54.5 Å². The lowest BCUT2D eigenvalue weighted by molar-refractivity contribution is -0.140. The topological polar surface area (TPSA) is 65.5 Å². The molecule has 3 fully saturated rings. The monoisotopic (exact) mass is 366 g/mol. The van der Waals surface area contributed by atoms with E-state index < -0.39 is 0 Å². The van der Waals surface area contributed by atoms with Crippen molar-refractivity contribution < 1.29 is 4.79 Å². The number of aromatic nitrogens is 3. The molecule has 7 heteroatoms. The van der Waals surface area contributed by atoms with Gasteiger partial charge in [-0.25, -0.2) is 9.97 Å². The van der Waals surface area contributed by atoms with E-state index in [1.165, 1.54) is 0 Å². The zero-order valence-corrected chi connectivity index (χ0v) is 16.0. The Bertz CT molecular complexity index is 779. The van der Waals surface area contributed by atoms with Gasteiger partial charge in [-0.15, -0.1) is 0 Å². The molecule has 2 aromatic rings. The Morgan fingerprint density at radius 2 is 1.89 bits per heavy atom. The third-order valence-corrected chi connectivity index (χ3v) is 5.43. The highest BCUT2D eigenvalue weighted by Gasteiger charge is 2.40. The van der Waals surface area contributed by atoms with Crippen LogP contribution in [0.1, 0.15) is 24.1 Å². The summed E-state index contributed by atoms with van der Waals surface area (Å²) in [7, 11) is 3.87. The molecule has 0 unspecified atom stereocenters. The van der Waals surface area contributed by atoms with E-state index in [0.29, 0.717) is 12.5 Å². The van der Waals surface area contributed by atoms with E-state index in [0.717, 1.165) is 43.7 Å². The lowest BCUT2D eigenvalue weighted by Gasteiger charge is -2.35. The van der Waals surface area contributed by atoms with Crippen LogP contribution in [0.3, 0.4) is 0 Å². The van der Waals surface area contributed by atoms with E-state index in [4.69, 9.17) is 0 Å². The fourth-order valence-corrected chi connectivity index (χ4v) is 4.05. The largest absolute Gasteiger partial charge is 0.347 e. The van der Waals surface area contributed by atoms with Gasteiger partial charge in [-0.2, -0.15) is 0 Å². The Morgan fingerprint density at radius 3 is 2.59 bits per heavy atom. The molecule has 0 radical (unpaired) electrons. The van der Waals surface area contributed by atoms with Gasteiger partial charge in [0.1, 0.15) is 0 Å². The number of fused-ring (bicyclic) bond motifs is 4. The maximum Gasteiger partial charge on any atom is 0.227 e. The molecule has 27 heavy (non-hydrogen) atoms. The van der Waals surface area contributed by atoms with E-state index in [9.17, 15) is 4.79 Å². The van der Waals surface area contributed by atoms with E-state index >= 15 is 0 Å². The third kappa shape index (κ3) is 3.93. The molecule has 0 aromatic carbocycles. The summed E-state index contributed by atoms with van der Waals surface area (Å²) in [6.07, 6.45) is 7.62. The minimum atomic E-state index is 0.0782. The second-order valence-electron chi connectivity index (χ2n) is 7.70. The molecule has 3 saturated heterocycles. The zero-order chi connectivity index (χ0) is 18.8. The minimum Gasteiger partial charge on any atom is -0.347 e. The molecule has 3 aliphatic heterocycles. The van der Waals surface area contributed by atoms with Gasteiger partial charge < -0.3 is 9.80 Å². The van der Waals surface area contributed by atoms with Crippen LogP contribution in [0, 0.1) is 5.92 Å². The quantitative estimate of drug-likeness (QED) is 0.800. The standard InChI is InChI=1S/C20H26N6O/c1-24(2)20-22-9-15(10-23-20)11-25-12-16-6-7-18(14-25)26(19(16)27)13-17-5-3-4-8-21-17/h3-5,8-10,16,18H,6-7,11-14H2,1-2H3/t16-,18+/m0/s1. The maximum atomic E-state index is 13.0. The van der Waals surface area contributed by atoms with Crippen LogP contribution in [0.15, 0.2) is 36.8 Å². The van der Waals surface area contributed by atoms with E-state index in [2.05, 4.69) is 19.9 Å². The van der Waals surface area contributed by atoms with Crippen molar-refractivity contribution in [3.05, 3.63) is 48.0 Å². The zero-order valence-electron chi connectivity index (χ0n) is 16.0. The first-order valence-corrected chi connectivity index (χ1v) is 9.51. The molecule has 142 valence electrons. The molecule has 2 aromatic heterocycles. The molecular weight excluding hydrogens is 340 g/mol. The summed E-state index contributed by atoms with van der Waals surface area (Å²) in [6.45, 7) is 3.09. The van der Waals surface area contributed by atoms with Crippen molar-refractivity contribution in [2.45, 2.75) is 32.0 Å². The first kappa shape index (κ1) is 17.9. The molecule has 0 spiro atoms. The van der Waals surface area contributed by atoms with Crippen molar-refractivity contribution in [3.63, 3.8) is 0 Å². The summed E-state index contributed by atoms with van der Waals surface area (Å²) in [5.41, 5.74) is 2.04. The average Bonchev–Trinajstić information content (AvgIpc) is 2.94. The van der Waals surface area contributed by atoms with E-state index in [-0.39, 0.29) is 17.9 Å². The Balaban J connectivity index is 1.46. The first-order chi connectivity index (χ1) is 13.1. The van der Waals surface area contributed by atoms with Crippen molar-refractivity contribution >= 4 is 11.9 Å². The average molecular weight is 366 g/mol. The molecule has 5 rings (SSSR count).